The first-order valence-corrected chi connectivity index (χ1v) is 4.99. The summed E-state index contributed by atoms with van der Waals surface area (Å²) in [6.07, 6.45) is 0. The Labute approximate surface area is 85.8 Å². The number of hydrogen-bond donors (Lipinski definition) is 2. The minimum Gasteiger partial charge on any atom is -0.394 e. The van der Waals surface area contributed by atoms with Gasteiger partial charge in [-0.15, -0.1) is 0 Å². The fourth-order valence-electron chi connectivity index (χ4n) is 0.730. The summed E-state index contributed by atoms with van der Waals surface area (Å²) in [6, 6.07) is 0. The molecule has 0 bridgehead atoms. The lowest BCUT2D eigenvalue weighted by atomic mass is 9.94. The van der Waals surface area contributed by atoms with Crippen LogP contribution in [-0.2, 0) is 9.47 Å². The van der Waals surface area contributed by atoms with Crippen molar-refractivity contribution >= 4 is 0 Å². The fourth-order valence-corrected chi connectivity index (χ4v) is 0.730. The largest absolute Gasteiger partial charge is 0.394 e. The van der Waals surface area contributed by atoms with Gasteiger partial charge in [0.1, 0.15) is 0 Å². The van der Waals surface area contributed by atoms with E-state index in [1.54, 1.807) is 6.92 Å². The molecule has 0 aromatic carbocycles. The zero-order valence-corrected chi connectivity index (χ0v) is 9.32. The van der Waals surface area contributed by atoms with Crippen LogP contribution in [0.1, 0.15) is 20.8 Å². The molecule has 0 amide bonds. The maximum absolute atomic E-state index is 9.79. The number of aliphatic hydroxyl groups is 2. The van der Waals surface area contributed by atoms with Gasteiger partial charge in [-0.2, -0.15) is 0 Å². The number of aliphatic hydroxyl groups excluding tert-OH is 1. The molecule has 0 radical (unpaired) electrons. The van der Waals surface area contributed by atoms with E-state index in [0.29, 0.717) is 26.4 Å². The Bertz CT molecular complexity index is 134. The Kier molecular flexibility index (Phi) is 7.09. The van der Waals surface area contributed by atoms with E-state index in [-0.39, 0.29) is 12.5 Å². The van der Waals surface area contributed by atoms with Crippen molar-refractivity contribution in [2.45, 2.75) is 26.4 Å². The van der Waals surface area contributed by atoms with Crippen molar-refractivity contribution in [3.8, 4) is 0 Å². The highest BCUT2D eigenvalue weighted by atomic mass is 16.5. The zero-order chi connectivity index (χ0) is 11.0. The van der Waals surface area contributed by atoms with E-state index in [1.165, 1.54) is 0 Å². The minimum absolute atomic E-state index is 0.0315. The molecule has 0 fully saturated rings. The topological polar surface area (TPSA) is 58.9 Å². The van der Waals surface area contributed by atoms with Crippen molar-refractivity contribution in [2.75, 3.05) is 33.0 Å². The molecular formula is C10H22O4. The Morgan fingerprint density at radius 3 is 2.21 bits per heavy atom. The second-order valence-electron chi connectivity index (χ2n) is 3.90. The van der Waals surface area contributed by atoms with Crippen LogP contribution in [-0.4, -0.2) is 48.8 Å². The molecule has 0 aliphatic heterocycles. The first-order chi connectivity index (χ1) is 6.50. The molecule has 4 heteroatoms. The number of hydrogen-bond acceptors (Lipinski definition) is 4. The molecule has 0 rings (SSSR count). The van der Waals surface area contributed by atoms with Crippen molar-refractivity contribution in [1.82, 2.24) is 0 Å². The average molecular weight is 206 g/mol. The molecular weight excluding hydrogens is 184 g/mol. The van der Waals surface area contributed by atoms with Crippen LogP contribution < -0.4 is 0 Å². The summed E-state index contributed by atoms with van der Waals surface area (Å²) in [5, 5.41) is 18.2. The predicted molar refractivity (Wildman–Crippen MR) is 54.2 cm³/mol. The van der Waals surface area contributed by atoms with Gasteiger partial charge >= 0.3 is 0 Å². The van der Waals surface area contributed by atoms with Crippen LogP contribution in [0.2, 0.25) is 0 Å². The summed E-state index contributed by atoms with van der Waals surface area (Å²) >= 11 is 0. The van der Waals surface area contributed by atoms with Gasteiger partial charge in [0.25, 0.3) is 0 Å². The van der Waals surface area contributed by atoms with Gasteiger partial charge in [-0.05, 0) is 12.8 Å². The third-order valence-corrected chi connectivity index (χ3v) is 2.25. The quantitative estimate of drug-likeness (QED) is 0.565. The molecule has 86 valence electrons. The van der Waals surface area contributed by atoms with Crippen LogP contribution in [0, 0.1) is 5.92 Å². The highest BCUT2D eigenvalue weighted by Crippen LogP contribution is 2.15. The van der Waals surface area contributed by atoms with Crippen molar-refractivity contribution < 1.29 is 19.7 Å². The van der Waals surface area contributed by atoms with Gasteiger partial charge in [0, 0.05) is 0 Å². The molecule has 0 aliphatic carbocycles. The van der Waals surface area contributed by atoms with E-state index >= 15 is 0 Å². The molecule has 0 heterocycles. The second-order valence-corrected chi connectivity index (χ2v) is 3.90. The fraction of sp³-hybridized carbons (Fsp3) is 1.00. The molecule has 4 nitrogen and oxygen atoms in total. The van der Waals surface area contributed by atoms with Gasteiger partial charge in [-0.3, -0.25) is 0 Å². The van der Waals surface area contributed by atoms with Crippen LogP contribution in [0.25, 0.3) is 0 Å². The van der Waals surface area contributed by atoms with Gasteiger partial charge in [0.05, 0.1) is 38.6 Å². The highest BCUT2D eigenvalue weighted by molar-refractivity contribution is 4.75. The lowest BCUT2D eigenvalue weighted by Gasteiger charge is -2.27. The standard InChI is InChI=1S/C10H22O4/c1-9(2)10(3,12)8-14-7-6-13-5-4-11/h9,11-12H,4-8H2,1-3H3. The molecule has 0 saturated heterocycles. The van der Waals surface area contributed by atoms with Crippen molar-refractivity contribution in [3.63, 3.8) is 0 Å². The van der Waals surface area contributed by atoms with Crippen LogP contribution >= 0.6 is 0 Å². The molecule has 1 unspecified atom stereocenters. The minimum atomic E-state index is -0.781. The summed E-state index contributed by atoms with van der Waals surface area (Å²) in [7, 11) is 0. The van der Waals surface area contributed by atoms with Crippen molar-refractivity contribution in [2.24, 2.45) is 5.92 Å². The molecule has 1 atom stereocenters. The highest BCUT2D eigenvalue weighted by Gasteiger charge is 2.24. The van der Waals surface area contributed by atoms with E-state index in [0.717, 1.165) is 0 Å². The second kappa shape index (κ2) is 7.17. The molecule has 0 saturated carbocycles. The lowest BCUT2D eigenvalue weighted by Crippen LogP contribution is -2.36. The van der Waals surface area contributed by atoms with Crippen LogP contribution in [0.3, 0.4) is 0 Å². The van der Waals surface area contributed by atoms with Crippen molar-refractivity contribution in [3.05, 3.63) is 0 Å². The summed E-state index contributed by atoms with van der Waals surface area (Å²) < 4.78 is 10.3. The normalized spacial score (nSPS) is 15.9. The zero-order valence-electron chi connectivity index (χ0n) is 9.32. The van der Waals surface area contributed by atoms with E-state index < -0.39 is 5.60 Å². The molecule has 0 spiro atoms. The first-order valence-electron chi connectivity index (χ1n) is 4.99. The first kappa shape index (κ1) is 13.8. The maximum atomic E-state index is 9.79. The maximum Gasteiger partial charge on any atom is 0.0874 e. The predicted octanol–water partition coefficient (Wildman–Crippen LogP) is 0.419. The molecule has 0 aliphatic rings. The van der Waals surface area contributed by atoms with Crippen molar-refractivity contribution in [1.29, 1.82) is 0 Å². The summed E-state index contributed by atoms with van der Waals surface area (Å²) in [5.74, 6) is 0.167. The Hall–Kier alpha value is -0.160. The van der Waals surface area contributed by atoms with E-state index in [1.807, 2.05) is 13.8 Å². The summed E-state index contributed by atoms with van der Waals surface area (Å²) in [5.41, 5.74) is -0.781. The van der Waals surface area contributed by atoms with Gasteiger partial charge < -0.3 is 19.7 Å². The van der Waals surface area contributed by atoms with E-state index in [4.69, 9.17) is 14.6 Å². The Morgan fingerprint density at radius 2 is 1.71 bits per heavy atom. The van der Waals surface area contributed by atoms with E-state index in [9.17, 15) is 5.11 Å². The third-order valence-electron chi connectivity index (χ3n) is 2.25. The third kappa shape index (κ3) is 6.32. The van der Waals surface area contributed by atoms with Crippen LogP contribution in [0.4, 0.5) is 0 Å². The smallest absolute Gasteiger partial charge is 0.0874 e. The monoisotopic (exact) mass is 206 g/mol. The summed E-state index contributed by atoms with van der Waals surface area (Å²) in [4.78, 5) is 0. The molecule has 0 aromatic heterocycles. The number of rotatable bonds is 8. The van der Waals surface area contributed by atoms with Gasteiger partial charge in [0.2, 0.25) is 0 Å². The molecule has 0 aromatic rings. The van der Waals surface area contributed by atoms with Crippen LogP contribution in [0.5, 0.6) is 0 Å². The SMILES string of the molecule is CC(C)C(C)(O)COCCOCCO. The van der Waals surface area contributed by atoms with Gasteiger partial charge in [-0.1, -0.05) is 13.8 Å². The molecule has 2 N–H and O–H groups in total. The lowest BCUT2D eigenvalue weighted by molar-refractivity contribution is -0.0734. The average Bonchev–Trinajstić information content (AvgIpc) is 2.10. The summed E-state index contributed by atoms with van der Waals surface area (Å²) in [6.45, 7) is 7.24. The molecule has 14 heavy (non-hydrogen) atoms. The van der Waals surface area contributed by atoms with E-state index in [2.05, 4.69) is 0 Å². The number of ether oxygens (including phenoxy) is 2. The van der Waals surface area contributed by atoms with Gasteiger partial charge in [0.15, 0.2) is 0 Å². The Morgan fingerprint density at radius 1 is 1.14 bits per heavy atom. The van der Waals surface area contributed by atoms with Gasteiger partial charge in [-0.25, -0.2) is 0 Å². The van der Waals surface area contributed by atoms with Crippen LogP contribution in [0.15, 0.2) is 0 Å². The Balaban J connectivity index is 3.35.